The highest BCUT2D eigenvalue weighted by atomic mass is 79.9. The fourth-order valence-electron chi connectivity index (χ4n) is 1.78. The third-order valence-electron chi connectivity index (χ3n) is 2.86. The minimum atomic E-state index is -0.256. The molecule has 118 valence electrons. The minimum absolute atomic E-state index is 0.256. The van der Waals surface area contributed by atoms with Gasteiger partial charge in [-0.25, -0.2) is 14.8 Å². The number of carbonyl (C=O) groups excluding carboxylic acids is 1. The SMILES string of the molecule is CCc1nc(CNC(=O)NCc2cc(Br)cnc2OC)cs1. The summed E-state index contributed by atoms with van der Waals surface area (Å²) in [4.78, 5) is 20.4. The molecule has 0 atom stereocenters. The number of aromatic nitrogens is 2. The Bertz CT molecular complexity index is 648. The van der Waals surface area contributed by atoms with E-state index in [0.29, 0.717) is 19.0 Å². The van der Waals surface area contributed by atoms with Crippen LogP contribution in [0.15, 0.2) is 22.1 Å². The van der Waals surface area contributed by atoms with Crippen molar-refractivity contribution in [3.05, 3.63) is 38.4 Å². The van der Waals surface area contributed by atoms with Gasteiger partial charge in [-0.3, -0.25) is 0 Å². The molecule has 2 N–H and O–H groups in total. The number of thiazole rings is 1. The Balaban J connectivity index is 1.83. The van der Waals surface area contributed by atoms with Crippen molar-refractivity contribution in [1.82, 2.24) is 20.6 Å². The first kappa shape index (κ1) is 16.7. The molecule has 0 bridgehead atoms. The highest BCUT2D eigenvalue weighted by molar-refractivity contribution is 9.10. The molecule has 0 fully saturated rings. The van der Waals surface area contributed by atoms with E-state index in [-0.39, 0.29) is 6.03 Å². The van der Waals surface area contributed by atoms with E-state index < -0.39 is 0 Å². The van der Waals surface area contributed by atoms with Gasteiger partial charge in [-0.05, 0) is 28.4 Å². The topological polar surface area (TPSA) is 76.1 Å². The van der Waals surface area contributed by atoms with E-state index in [4.69, 9.17) is 4.74 Å². The van der Waals surface area contributed by atoms with Gasteiger partial charge in [0.2, 0.25) is 5.88 Å². The molecular formula is C14H17BrN4O2S. The van der Waals surface area contributed by atoms with Crippen molar-refractivity contribution in [3.8, 4) is 5.88 Å². The molecule has 2 aromatic rings. The Labute approximate surface area is 141 Å². The molecule has 8 heteroatoms. The number of carbonyl (C=O) groups is 1. The van der Waals surface area contributed by atoms with Crippen molar-refractivity contribution < 1.29 is 9.53 Å². The van der Waals surface area contributed by atoms with E-state index in [2.05, 4.69) is 43.5 Å². The number of aryl methyl sites for hydroxylation is 1. The Morgan fingerprint density at radius 1 is 1.41 bits per heavy atom. The number of hydrogen-bond acceptors (Lipinski definition) is 5. The van der Waals surface area contributed by atoms with Gasteiger partial charge < -0.3 is 15.4 Å². The number of nitrogens with one attached hydrogen (secondary N) is 2. The predicted molar refractivity (Wildman–Crippen MR) is 89.1 cm³/mol. The molecule has 0 spiro atoms. The van der Waals surface area contributed by atoms with E-state index in [1.807, 2.05) is 11.4 Å². The number of methoxy groups -OCH3 is 1. The summed E-state index contributed by atoms with van der Waals surface area (Å²) in [6.07, 6.45) is 2.56. The van der Waals surface area contributed by atoms with Crippen molar-refractivity contribution in [2.24, 2.45) is 0 Å². The van der Waals surface area contributed by atoms with Crippen molar-refractivity contribution in [3.63, 3.8) is 0 Å². The molecule has 0 aromatic carbocycles. The third kappa shape index (κ3) is 4.67. The van der Waals surface area contributed by atoms with E-state index in [1.165, 1.54) is 0 Å². The fourth-order valence-corrected chi connectivity index (χ4v) is 2.90. The molecule has 2 amide bonds. The van der Waals surface area contributed by atoms with Gasteiger partial charge in [-0.2, -0.15) is 0 Å². The zero-order valence-electron chi connectivity index (χ0n) is 12.4. The molecule has 0 aliphatic rings. The van der Waals surface area contributed by atoms with Crippen molar-refractivity contribution in [1.29, 1.82) is 0 Å². The van der Waals surface area contributed by atoms with Crippen molar-refractivity contribution >= 4 is 33.3 Å². The summed E-state index contributed by atoms with van der Waals surface area (Å²) >= 11 is 4.95. The van der Waals surface area contributed by atoms with E-state index >= 15 is 0 Å². The Morgan fingerprint density at radius 3 is 2.86 bits per heavy atom. The summed E-state index contributed by atoms with van der Waals surface area (Å²) in [6.45, 7) is 2.80. The van der Waals surface area contributed by atoms with Gasteiger partial charge in [0.25, 0.3) is 0 Å². The van der Waals surface area contributed by atoms with Gasteiger partial charge in [-0.1, -0.05) is 6.92 Å². The van der Waals surface area contributed by atoms with Gasteiger partial charge in [-0.15, -0.1) is 11.3 Å². The number of ether oxygens (including phenoxy) is 1. The Hall–Kier alpha value is -1.67. The zero-order valence-corrected chi connectivity index (χ0v) is 14.8. The lowest BCUT2D eigenvalue weighted by Crippen LogP contribution is -2.34. The minimum Gasteiger partial charge on any atom is -0.481 e. The quantitative estimate of drug-likeness (QED) is 0.802. The second-order valence-corrected chi connectivity index (χ2v) is 6.30. The molecule has 2 heterocycles. The first-order valence-corrected chi connectivity index (χ1v) is 8.43. The maximum Gasteiger partial charge on any atom is 0.315 e. The normalized spacial score (nSPS) is 10.3. The predicted octanol–water partition coefficient (Wildman–Crippen LogP) is 2.87. The summed E-state index contributed by atoms with van der Waals surface area (Å²) in [5.74, 6) is 0.496. The zero-order chi connectivity index (χ0) is 15.9. The molecule has 2 rings (SSSR count). The molecule has 0 unspecified atom stereocenters. The smallest absolute Gasteiger partial charge is 0.315 e. The molecule has 22 heavy (non-hydrogen) atoms. The average molecular weight is 385 g/mol. The molecule has 2 aromatic heterocycles. The lowest BCUT2D eigenvalue weighted by Gasteiger charge is -2.10. The highest BCUT2D eigenvalue weighted by Crippen LogP contribution is 2.19. The van der Waals surface area contributed by atoms with Crippen LogP contribution in [0.3, 0.4) is 0 Å². The standard InChI is InChI=1S/C14H17BrN4O2S/c1-3-12-19-11(8-22-12)7-18-14(20)17-5-9-4-10(15)6-16-13(9)21-2/h4,6,8H,3,5,7H2,1-2H3,(H2,17,18,20). The van der Waals surface area contributed by atoms with Crippen LogP contribution in [-0.4, -0.2) is 23.1 Å². The van der Waals surface area contributed by atoms with Crippen LogP contribution in [0.1, 0.15) is 23.2 Å². The molecule has 0 aliphatic carbocycles. The van der Waals surface area contributed by atoms with Crippen LogP contribution >= 0.6 is 27.3 Å². The Morgan fingerprint density at radius 2 is 2.18 bits per heavy atom. The fraction of sp³-hybridized carbons (Fsp3) is 0.357. The van der Waals surface area contributed by atoms with Gasteiger partial charge in [0, 0.05) is 28.2 Å². The van der Waals surface area contributed by atoms with Crippen LogP contribution in [0.25, 0.3) is 0 Å². The number of urea groups is 1. The van der Waals surface area contributed by atoms with Gasteiger partial charge >= 0.3 is 6.03 Å². The molecule has 0 saturated heterocycles. The summed E-state index contributed by atoms with van der Waals surface area (Å²) in [6, 6.07) is 1.60. The summed E-state index contributed by atoms with van der Waals surface area (Å²) in [7, 11) is 1.55. The monoisotopic (exact) mass is 384 g/mol. The highest BCUT2D eigenvalue weighted by Gasteiger charge is 2.08. The van der Waals surface area contributed by atoms with Gasteiger partial charge in [0.05, 0.1) is 24.4 Å². The third-order valence-corrected chi connectivity index (χ3v) is 4.33. The number of amides is 2. The van der Waals surface area contributed by atoms with Crippen LogP contribution in [0.5, 0.6) is 5.88 Å². The number of hydrogen-bond donors (Lipinski definition) is 2. The van der Waals surface area contributed by atoms with Gasteiger partial charge in [0.15, 0.2) is 0 Å². The van der Waals surface area contributed by atoms with E-state index in [1.54, 1.807) is 24.6 Å². The van der Waals surface area contributed by atoms with Crippen molar-refractivity contribution in [2.75, 3.05) is 7.11 Å². The second kappa shape index (κ2) is 8.09. The lowest BCUT2D eigenvalue weighted by atomic mass is 10.2. The number of halogens is 1. The van der Waals surface area contributed by atoms with Crippen LogP contribution in [0.4, 0.5) is 4.79 Å². The molecule has 0 saturated carbocycles. The average Bonchev–Trinajstić information content (AvgIpc) is 2.99. The maximum absolute atomic E-state index is 11.8. The maximum atomic E-state index is 11.8. The Kier molecular flexibility index (Phi) is 6.14. The molecule has 0 radical (unpaired) electrons. The lowest BCUT2D eigenvalue weighted by molar-refractivity contribution is 0.240. The largest absolute Gasteiger partial charge is 0.481 e. The second-order valence-electron chi connectivity index (χ2n) is 4.44. The summed E-state index contributed by atoms with van der Waals surface area (Å²) in [5, 5.41) is 8.59. The molecular weight excluding hydrogens is 368 g/mol. The van der Waals surface area contributed by atoms with E-state index in [9.17, 15) is 4.79 Å². The number of rotatable bonds is 6. The number of pyridine rings is 1. The number of nitrogens with zero attached hydrogens (tertiary/aromatic N) is 2. The van der Waals surface area contributed by atoms with E-state index in [0.717, 1.165) is 27.2 Å². The van der Waals surface area contributed by atoms with Crippen LogP contribution in [0.2, 0.25) is 0 Å². The molecule has 6 nitrogen and oxygen atoms in total. The summed E-state index contributed by atoms with van der Waals surface area (Å²) < 4.78 is 6.00. The van der Waals surface area contributed by atoms with Crippen LogP contribution in [0, 0.1) is 0 Å². The first-order chi connectivity index (χ1) is 10.6. The van der Waals surface area contributed by atoms with Crippen molar-refractivity contribution in [2.45, 2.75) is 26.4 Å². The van der Waals surface area contributed by atoms with Crippen LogP contribution < -0.4 is 15.4 Å². The molecule has 0 aliphatic heterocycles. The first-order valence-electron chi connectivity index (χ1n) is 6.75. The summed E-state index contributed by atoms with van der Waals surface area (Å²) in [5.41, 5.74) is 1.67. The van der Waals surface area contributed by atoms with Crippen LogP contribution in [-0.2, 0) is 19.5 Å². The van der Waals surface area contributed by atoms with Gasteiger partial charge in [0.1, 0.15) is 0 Å².